The summed E-state index contributed by atoms with van der Waals surface area (Å²) >= 11 is 1.66. The minimum atomic E-state index is -3.75. The van der Waals surface area contributed by atoms with Crippen molar-refractivity contribution in [3.63, 3.8) is 0 Å². The predicted octanol–water partition coefficient (Wildman–Crippen LogP) is 1.88. The van der Waals surface area contributed by atoms with Gasteiger partial charge in [0.15, 0.2) is 0 Å². The van der Waals surface area contributed by atoms with Crippen molar-refractivity contribution >= 4 is 33.8 Å². The van der Waals surface area contributed by atoms with Crippen molar-refractivity contribution < 1.29 is 22.7 Å². The number of carbonyl (C=O) groups is 2. The molecule has 0 spiro atoms. The fraction of sp³-hybridized carbons (Fsp3) is 0.579. The van der Waals surface area contributed by atoms with E-state index in [2.05, 4.69) is 4.72 Å². The monoisotopic (exact) mass is 441 g/mol. The lowest BCUT2D eigenvalue weighted by molar-refractivity contribution is -0.134. The lowest BCUT2D eigenvalue weighted by Gasteiger charge is -2.29. The van der Waals surface area contributed by atoms with Crippen LogP contribution < -0.4 is 4.72 Å². The fourth-order valence-electron chi connectivity index (χ4n) is 3.36. The summed E-state index contributed by atoms with van der Waals surface area (Å²) in [4.78, 5) is 28.9. The molecule has 8 nitrogen and oxygen atoms in total. The van der Waals surface area contributed by atoms with Crippen molar-refractivity contribution in [2.45, 2.75) is 49.8 Å². The summed E-state index contributed by atoms with van der Waals surface area (Å²) in [5.41, 5.74) is -0.712. The number of benzene rings is 1. The number of nitrogens with zero attached hydrogens (tertiary/aromatic N) is 2. The molecule has 2 atom stereocenters. The molecule has 2 saturated heterocycles. The zero-order chi connectivity index (χ0) is 21.2. The van der Waals surface area contributed by atoms with Gasteiger partial charge in [-0.25, -0.2) is 17.9 Å². The van der Waals surface area contributed by atoms with Gasteiger partial charge in [-0.15, -0.1) is 11.8 Å². The van der Waals surface area contributed by atoms with Gasteiger partial charge in [0.2, 0.25) is 15.9 Å². The van der Waals surface area contributed by atoms with Gasteiger partial charge in [-0.1, -0.05) is 18.2 Å². The number of thioether (sulfide) groups is 1. The van der Waals surface area contributed by atoms with E-state index in [4.69, 9.17) is 4.74 Å². The zero-order valence-electron chi connectivity index (χ0n) is 16.8. The largest absolute Gasteiger partial charge is 0.444 e. The van der Waals surface area contributed by atoms with E-state index in [1.807, 2.05) is 0 Å². The summed E-state index contributed by atoms with van der Waals surface area (Å²) in [6, 6.07) is 6.73. The number of amides is 2. The quantitative estimate of drug-likeness (QED) is 0.766. The fourth-order valence-corrected chi connectivity index (χ4v) is 5.58. The number of nitrogens with one attached hydrogen (secondary N) is 1. The summed E-state index contributed by atoms with van der Waals surface area (Å²) in [5, 5.41) is 0. The van der Waals surface area contributed by atoms with Crippen LogP contribution in [0.4, 0.5) is 4.79 Å². The number of ether oxygens (including phenoxy) is 1. The maximum Gasteiger partial charge on any atom is 0.411 e. The van der Waals surface area contributed by atoms with Crippen LogP contribution in [-0.2, 0) is 19.6 Å². The number of hydrogen-bond acceptors (Lipinski definition) is 6. The summed E-state index contributed by atoms with van der Waals surface area (Å²) in [6.07, 6.45) is -0.394. The van der Waals surface area contributed by atoms with Crippen molar-refractivity contribution in [1.29, 1.82) is 0 Å². The van der Waals surface area contributed by atoms with Crippen LogP contribution in [0.15, 0.2) is 35.2 Å². The Morgan fingerprint density at radius 1 is 1.21 bits per heavy atom. The minimum absolute atomic E-state index is 0.0817. The Morgan fingerprint density at radius 2 is 1.90 bits per heavy atom. The highest BCUT2D eigenvalue weighted by Crippen LogP contribution is 2.26. The molecule has 0 bridgehead atoms. The molecule has 0 radical (unpaired) electrons. The Labute approximate surface area is 176 Å². The van der Waals surface area contributed by atoms with Crippen LogP contribution in [0.25, 0.3) is 0 Å². The van der Waals surface area contributed by atoms with Crippen LogP contribution in [0.1, 0.15) is 27.2 Å². The number of rotatable bonds is 4. The highest BCUT2D eigenvalue weighted by atomic mass is 32.2. The Balaban J connectivity index is 1.78. The molecule has 29 heavy (non-hydrogen) atoms. The minimum Gasteiger partial charge on any atom is -0.444 e. The van der Waals surface area contributed by atoms with E-state index in [0.717, 1.165) is 5.75 Å². The number of sulfonamides is 1. The molecule has 1 aromatic rings. The maximum absolute atomic E-state index is 13.0. The predicted molar refractivity (Wildman–Crippen MR) is 111 cm³/mol. The number of hydrogen-bond donors (Lipinski definition) is 1. The van der Waals surface area contributed by atoms with E-state index in [0.29, 0.717) is 12.4 Å². The standard InChI is InChI=1S/C19H27N3O5S2/c1-19(2,3)27-18(24)22-12-14(11-16(22)17(23)21-9-10-28-13-21)20-29(25,26)15-7-5-4-6-8-15/h4-8,14,16,20H,9-13H2,1-3H3/t14-,16-/m0/s1. The molecule has 2 aliphatic rings. The van der Waals surface area contributed by atoms with E-state index in [-0.39, 0.29) is 23.8 Å². The van der Waals surface area contributed by atoms with E-state index < -0.39 is 33.8 Å². The molecule has 0 aliphatic carbocycles. The molecule has 160 valence electrons. The van der Waals surface area contributed by atoms with E-state index in [1.54, 1.807) is 55.6 Å². The van der Waals surface area contributed by atoms with Crippen molar-refractivity contribution in [2.24, 2.45) is 0 Å². The van der Waals surface area contributed by atoms with Crippen LogP contribution in [0.3, 0.4) is 0 Å². The average molecular weight is 442 g/mol. The van der Waals surface area contributed by atoms with Gasteiger partial charge in [0.25, 0.3) is 0 Å². The smallest absolute Gasteiger partial charge is 0.411 e. The van der Waals surface area contributed by atoms with Gasteiger partial charge in [0, 0.05) is 24.9 Å². The molecule has 1 N–H and O–H groups in total. The zero-order valence-corrected chi connectivity index (χ0v) is 18.5. The molecule has 0 unspecified atom stereocenters. The number of likely N-dealkylation sites (tertiary alicyclic amines) is 1. The third kappa shape index (κ3) is 5.43. The molecule has 2 aliphatic heterocycles. The van der Waals surface area contributed by atoms with Crippen molar-refractivity contribution in [3.8, 4) is 0 Å². The summed E-state index contributed by atoms with van der Waals surface area (Å²) < 4.78 is 33.5. The van der Waals surface area contributed by atoms with Crippen molar-refractivity contribution in [2.75, 3.05) is 24.7 Å². The molecular weight excluding hydrogens is 414 g/mol. The second-order valence-electron chi connectivity index (χ2n) is 8.15. The topological polar surface area (TPSA) is 96.0 Å². The summed E-state index contributed by atoms with van der Waals surface area (Å²) in [7, 11) is -3.75. The van der Waals surface area contributed by atoms with E-state index in [1.165, 1.54) is 17.0 Å². The number of carbonyl (C=O) groups excluding carboxylic acids is 2. The molecule has 2 amide bonds. The summed E-state index contributed by atoms with van der Waals surface area (Å²) in [6.45, 7) is 5.97. The van der Waals surface area contributed by atoms with Gasteiger partial charge < -0.3 is 9.64 Å². The third-order valence-corrected chi connectivity index (χ3v) is 7.16. The van der Waals surface area contributed by atoms with E-state index >= 15 is 0 Å². The van der Waals surface area contributed by atoms with Crippen LogP contribution in [-0.4, -0.2) is 72.6 Å². The Kier molecular flexibility index (Phi) is 6.45. The highest BCUT2D eigenvalue weighted by Gasteiger charge is 2.44. The van der Waals surface area contributed by atoms with Gasteiger partial charge in [-0.05, 0) is 39.3 Å². The van der Waals surface area contributed by atoms with Crippen molar-refractivity contribution in [3.05, 3.63) is 30.3 Å². The van der Waals surface area contributed by atoms with Gasteiger partial charge in [-0.3, -0.25) is 9.69 Å². The van der Waals surface area contributed by atoms with Gasteiger partial charge in [-0.2, -0.15) is 0 Å². The van der Waals surface area contributed by atoms with Crippen LogP contribution in [0.2, 0.25) is 0 Å². The van der Waals surface area contributed by atoms with Gasteiger partial charge in [0.1, 0.15) is 11.6 Å². The third-order valence-electron chi connectivity index (χ3n) is 4.65. The van der Waals surface area contributed by atoms with Gasteiger partial charge >= 0.3 is 6.09 Å². The molecule has 0 saturated carbocycles. The lowest BCUT2D eigenvalue weighted by Crippen LogP contribution is -2.48. The summed E-state index contributed by atoms with van der Waals surface area (Å²) in [5.74, 6) is 1.27. The Morgan fingerprint density at radius 3 is 2.48 bits per heavy atom. The van der Waals surface area contributed by atoms with Gasteiger partial charge in [0.05, 0.1) is 10.8 Å². The van der Waals surface area contributed by atoms with E-state index in [9.17, 15) is 18.0 Å². The maximum atomic E-state index is 13.0. The lowest BCUT2D eigenvalue weighted by atomic mass is 10.1. The molecule has 2 heterocycles. The molecule has 1 aromatic carbocycles. The molecule has 3 rings (SSSR count). The highest BCUT2D eigenvalue weighted by molar-refractivity contribution is 7.99. The Hall–Kier alpha value is -1.78. The second kappa shape index (κ2) is 8.53. The van der Waals surface area contributed by atoms with Crippen LogP contribution in [0.5, 0.6) is 0 Å². The first kappa shape index (κ1) is 21.9. The first-order chi connectivity index (χ1) is 13.6. The first-order valence-corrected chi connectivity index (χ1v) is 12.1. The molecule has 2 fully saturated rings. The average Bonchev–Trinajstić information content (AvgIpc) is 3.30. The first-order valence-electron chi connectivity index (χ1n) is 9.50. The van der Waals surface area contributed by atoms with Crippen molar-refractivity contribution in [1.82, 2.24) is 14.5 Å². The normalized spacial score (nSPS) is 22.7. The SMILES string of the molecule is CC(C)(C)OC(=O)N1C[C@@H](NS(=O)(=O)c2ccccc2)C[C@H]1C(=O)N1CCSC1. The second-order valence-corrected chi connectivity index (χ2v) is 10.9. The van der Waals surface area contributed by atoms with Crippen LogP contribution in [0, 0.1) is 0 Å². The molecule has 0 aromatic heterocycles. The molecule has 10 heteroatoms. The Bertz CT molecular complexity index is 848. The molecular formula is C19H27N3O5S2. The van der Waals surface area contributed by atoms with Crippen LogP contribution >= 0.6 is 11.8 Å².